The van der Waals surface area contributed by atoms with E-state index in [0.717, 1.165) is 11.1 Å². The number of carboxylic acids is 1. The van der Waals surface area contributed by atoms with Crippen LogP contribution in [0.1, 0.15) is 50.7 Å². The molecule has 2 aromatic rings. The summed E-state index contributed by atoms with van der Waals surface area (Å²) >= 11 is 0. The molecule has 7 nitrogen and oxygen atoms in total. The van der Waals surface area contributed by atoms with Gasteiger partial charge in [0.1, 0.15) is 12.6 Å². The molecule has 2 amide bonds. The fourth-order valence-corrected chi connectivity index (χ4v) is 4.15. The minimum atomic E-state index is -1.04. The highest BCUT2D eigenvalue weighted by molar-refractivity contribution is 5.85. The van der Waals surface area contributed by atoms with Crippen molar-refractivity contribution in [2.45, 2.75) is 45.6 Å². The Morgan fingerprint density at radius 3 is 2.12 bits per heavy atom. The third-order valence-corrected chi connectivity index (χ3v) is 6.41. The van der Waals surface area contributed by atoms with Gasteiger partial charge >= 0.3 is 12.1 Å². The molecule has 7 heteroatoms. The van der Waals surface area contributed by atoms with E-state index in [9.17, 15) is 19.5 Å². The minimum absolute atomic E-state index is 0.0126. The molecule has 2 unspecified atom stereocenters. The van der Waals surface area contributed by atoms with Crippen molar-refractivity contribution in [3.63, 3.8) is 0 Å². The highest BCUT2D eigenvalue weighted by Crippen LogP contribution is 2.44. The van der Waals surface area contributed by atoms with Crippen LogP contribution in [0.15, 0.2) is 48.5 Å². The second-order valence-corrected chi connectivity index (χ2v) is 8.65. The lowest BCUT2D eigenvalue weighted by Crippen LogP contribution is -2.47. The Bertz CT molecular complexity index is 960. The lowest BCUT2D eigenvalue weighted by molar-refractivity contribution is -0.143. The highest BCUT2D eigenvalue weighted by Gasteiger charge is 2.29. The molecule has 3 rings (SSSR count). The molecule has 0 saturated heterocycles. The number of ether oxygens (including phenoxy) is 1. The first kappa shape index (κ1) is 24.3. The van der Waals surface area contributed by atoms with E-state index in [2.05, 4.69) is 34.9 Å². The Hall–Kier alpha value is -3.35. The first-order valence-corrected chi connectivity index (χ1v) is 11.5. The van der Waals surface area contributed by atoms with Gasteiger partial charge in [-0.25, -0.2) is 9.59 Å². The molecule has 2 aromatic carbocycles. The van der Waals surface area contributed by atoms with Gasteiger partial charge < -0.3 is 20.5 Å². The summed E-state index contributed by atoms with van der Waals surface area (Å²) in [5.74, 6) is -2.00. The molecule has 1 aliphatic carbocycles. The van der Waals surface area contributed by atoms with Crippen LogP contribution in [0.5, 0.6) is 0 Å². The Morgan fingerprint density at radius 2 is 1.58 bits per heavy atom. The molecule has 0 radical (unpaired) electrons. The van der Waals surface area contributed by atoms with Crippen LogP contribution in [-0.4, -0.2) is 42.3 Å². The average Bonchev–Trinajstić information content (AvgIpc) is 3.14. The smallest absolute Gasteiger partial charge is 0.407 e. The molecule has 1 aliphatic rings. The summed E-state index contributed by atoms with van der Waals surface area (Å²) in [5, 5.41) is 14.6. The molecule has 33 heavy (non-hydrogen) atoms. The van der Waals surface area contributed by atoms with Crippen LogP contribution in [0.3, 0.4) is 0 Å². The number of aliphatic carboxylic acids is 1. The fraction of sp³-hybridized carbons (Fsp3) is 0.423. The van der Waals surface area contributed by atoms with Gasteiger partial charge in [0.2, 0.25) is 5.91 Å². The van der Waals surface area contributed by atoms with Crippen LogP contribution in [0.4, 0.5) is 4.79 Å². The summed E-state index contributed by atoms with van der Waals surface area (Å²) in [7, 11) is 0. The molecular formula is C26H32N2O5. The Kier molecular flexibility index (Phi) is 8.09. The van der Waals surface area contributed by atoms with Gasteiger partial charge in [-0.1, -0.05) is 75.7 Å². The highest BCUT2D eigenvalue weighted by atomic mass is 16.5. The van der Waals surface area contributed by atoms with Crippen LogP contribution < -0.4 is 10.6 Å². The van der Waals surface area contributed by atoms with E-state index < -0.39 is 24.0 Å². The van der Waals surface area contributed by atoms with Crippen LogP contribution in [0.2, 0.25) is 0 Å². The van der Waals surface area contributed by atoms with Gasteiger partial charge in [0.15, 0.2) is 0 Å². The molecule has 0 aliphatic heterocycles. The van der Waals surface area contributed by atoms with Gasteiger partial charge in [0, 0.05) is 18.4 Å². The van der Waals surface area contributed by atoms with E-state index in [0.29, 0.717) is 12.8 Å². The van der Waals surface area contributed by atoms with Gasteiger partial charge in [-0.05, 0) is 34.6 Å². The number of hydrogen-bond donors (Lipinski definition) is 3. The number of alkyl carbamates (subject to hydrolysis) is 1. The average molecular weight is 453 g/mol. The first-order chi connectivity index (χ1) is 15.8. The number of amides is 2. The Labute approximate surface area is 194 Å². The van der Waals surface area contributed by atoms with Crippen molar-refractivity contribution in [2.24, 2.45) is 11.8 Å². The van der Waals surface area contributed by atoms with E-state index in [-0.39, 0.29) is 30.9 Å². The van der Waals surface area contributed by atoms with E-state index in [1.807, 2.05) is 31.2 Å². The molecule has 176 valence electrons. The Morgan fingerprint density at radius 1 is 1.00 bits per heavy atom. The number of carboxylic acid groups (broad SMARTS) is 1. The molecule has 0 fully saturated rings. The van der Waals surface area contributed by atoms with Crippen molar-refractivity contribution in [1.82, 2.24) is 10.6 Å². The predicted molar refractivity (Wildman–Crippen MR) is 126 cm³/mol. The van der Waals surface area contributed by atoms with Gasteiger partial charge in [-0.15, -0.1) is 0 Å². The number of fused-ring (bicyclic) bond motifs is 3. The largest absolute Gasteiger partial charge is 0.480 e. The predicted octanol–water partition coefficient (Wildman–Crippen LogP) is 4.17. The molecular weight excluding hydrogens is 420 g/mol. The van der Waals surface area contributed by atoms with E-state index in [1.165, 1.54) is 11.1 Å². The van der Waals surface area contributed by atoms with Crippen molar-refractivity contribution >= 4 is 18.0 Å². The van der Waals surface area contributed by atoms with Crippen molar-refractivity contribution in [1.29, 1.82) is 0 Å². The number of carbonyl (C=O) groups excluding carboxylic acids is 2. The maximum Gasteiger partial charge on any atom is 0.407 e. The fourth-order valence-electron chi connectivity index (χ4n) is 4.15. The van der Waals surface area contributed by atoms with Crippen molar-refractivity contribution in [3.8, 4) is 11.1 Å². The zero-order valence-electron chi connectivity index (χ0n) is 19.3. The zero-order chi connectivity index (χ0) is 24.0. The lowest BCUT2D eigenvalue weighted by Gasteiger charge is -2.22. The summed E-state index contributed by atoms with van der Waals surface area (Å²) in [6.07, 6.45) is 0.491. The zero-order valence-corrected chi connectivity index (χ0v) is 19.3. The van der Waals surface area contributed by atoms with E-state index >= 15 is 0 Å². The third kappa shape index (κ3) is 5.72. The standard InChI is InChI=1S/C26H32N2O5/c1-4-16(2)23(25(30)31)28-24(29)17(3)13-14-27-26(32)33-15-22-20-11-7-5-9-18(20)19-10-6-8-12-21(19)22/h5-12,16-17,22-23H,4,13-15H2,1-3H3,(H,27,32)(H,28,29)(H,30,31)/t16?,17?,23-/m0/s1. The number of nitrogens with one attached hydrogen (secondary N) is 2. The molecule has 3 atom stereocenters. The van der Waals surface area contributed by atoms with Gasteiger partial charge in [-0.3, -0.25) is 4.79 Å². The van der Waals surface area contributed by atoms with Crippen molar-refractivity contribution < 1.29 is 24.2 Å². The van der Waals surface area contributed by atoms with Crippen LogP contribution in [0, 0.1) is 11.8 Å². The van der Waals surface area contributed by atoms with Crippen LogP contribution >= 0.6 is 0 Å². The van der Waals surface area contributed by atoms with E-state index in [4.69, 9.17) is 4.74 Å². The number of carbonyl (C=O) groups is 3. The lowest BCUT2D eigenvalue weighted by atomic mass is 9.98. The van der Waals surface area contributed by atoms with Gasteiger partial charge in [-0.2, -0.15) is 0 Å². The second-order valence-electron chi connectivity index (χ2n) is 8.65. The number of rotatable bonds is 10. The molecule has 0 bridgehead atoms. The quantitative estimate of drug-likeness (QED) is 0.502. The molecule has 0 aromatic heterocycles. The van der Waals surface area contributed by atoms with Crippen LogP contribution in [0.25, 0.3) is 11.1 Å². The maximum absolute atomic E-state index is 12.4. The van der Waals surface area contributed by atoms with Crippen LogP contribution in [-0.2, 0) is 14.3 Å². The SMILES string of the molecule is CCC(C)[C@H](NC(=O)C(C)CCNC(=O)OCC1c2ccccc2-c2ccccc21)C(=O)O. The van der Waals surface area contributed by atoms with E-state index in [1.54, 1.807) is 13.8 Å². The summed E-state index contributed by atoms with van der Waals surface area (Å²) in [5.41, 5.74) is 4.62. The Balaban J connectivity index is 1.47. The summed E-state index contributed by atoms with van der Waals surface area (Å²) < 4.78 is 5.50. The maximum atomic E-state index is 12.4. The van der Waals surface area contributed by atoms with Gasteiger partial charge in [0.05, 0.1) is 0 Å². The first-order valence-electron chi connectivity index (χ1n) is 11.5. The van der Waals surface area contributed by atoms with Crippen molar-refractivity contribution in [2.75, 3.05) is 13.2 Å². The summed E-state index contributed by atoms with van der Waals surface area (Å²) in [6, 6.07) is 15.3. The summed E-state index contributed by atoms with van der Waals surface area (Å²) in [6.45, 7) is 5.87. The molecule has 0 heterocycles. The second kappa shape index (κ2) is 11.0. The topological polar surface area (TPSA) is 105 Å². The molecule has 3 N–H and O–H groups in total. The van der Waals surface area contributed by atoms with Crippen molar-refractivity contribution in [3.05, 3.63) is 59.7 Å². The summed E-state index contributed by atoms with van der Waals surface area (Å²) in [4.78, 5) is 36.0. The number of benzene rings is 2. The number of hydrogen-bond acceptors (Lipinski definition) is 4. The molecule has 0 saturated carbocycles. The minimum Gasteiger partial charge on any atom is -0.480 e. The monoisotopic (exact) mass is 452 g/mol. The van der Waals surface area contributed by atoms with Gasteiger partial charge in [0.25, 0.3) is 0 Å². The third-order valence-electron chi connectivity index (χ3n) is 6.41. The normalized spacial score (nSPS) is 15.0. The molecule has 0 spiro atoms.